The number of hydrogen-bond acceptors (Lipinski definition) is 5. The number of rotatable bonds is 5. The Balaban J connectivity index is 1.64. The molecule has 0 amide bonds. The molecule has 7 nitrogen and oxygen atoms in total. The molecule has 2 aliphatic rings. The maximum absolute atomic E-state index is 10.9. The number of piperidine rings is 2. The van der Waals surface area contributed by atoms with Crippen molar-refractivity contribution in [2.75, 3.05) is 32.7 Å². The first-order chi connectivity index (χ1) is 11.1. The van der Waals surface area contributed by atoms with Crippen LogP contribution in [0.5, 0.6) is 0 Å². The van der Waals surface area contributed by atoms with E-state index in [-0.39, 0.29) is 12.5 Å². The van der Waals surface area contributed by atoms with Gasteiger partial charge in [-0.1, -0.05) is 6.42 Å². The second kappa shape index (κ2) is 7.40. The normalized spacial score (nSPS) is 24.0. The molecule has 23 heavy (non-hydrogen) atoms. The number of aliphatic carboxylic acids is 1. The van der Waals surface area contributed by atoms with Gasteiger partial charge in [-0.15, -0.1) is 10.2 Å². The van der Waals surface area contributed by atoms with E-state index >= 15 is 0 Å². The van der Waals surface area contributed by atoms with Crippen molar-refractivity contribution in [1.29, 1.82) is 0 Å². The zero-order valence-corrected chi connectivity index (χ0v) is 13.9. The van der Waals surface area contributed by atoms with Crippen molar-refractivity contribution < 1.29 is 9.90 Å². The van der Waals surface area contributed by atoms with Crippen LogP contribution in [0.2, 0.25) is 0 Å². The standard InChI is InChI=1S/C16H27N5O2/c1-19-14(11-20-7-3-2-4-8-20)17-18-16(19)13-6-5-9-21(10-13)12-15(22)23/h13H,2-12H2,1H3,(H,22,23)/t13-/m0/s1. The lowest BCUT2D eigenvalue weighted by molar-refractivity contribution is -0.138. The van der Waals surface area contributed by atoms with Crippen molar-refractivity contribution >= 4 is 5.97 Å². The van der Waals surface area contributed by atoms with Crippen LogP contribution in [0.1, 0.15) is 49.7 Å². The number of hydrogen-bond donors (Lipinski definition) is 1. The van der Waals surface area contributed by atoms with E-state index in [2.05, 4.69) is 19.7 Å². The molecule has 0 saturated carbocycles. The van der Waals surface area contributed by atoms with Crippen molar-refractivity contribution in [2.24, 2.45) is 7.05 Å². The van der Waals surface area contributed by atoms with Gasteiger partial charge in [0.05, 0.1) is 13.1 Å². The summed E-state index contributed by atoms with van der Waals surface area (Å²) in [4.78, 5) is 15.4. The Kier molecular flexibility index (Phi) is 5.27. The molecule has 1 N–H and O–H groups in total. The monoisotopic (exact) mass is 321 g/mol. The third kappa shape index (κ3) is 4.09. The third-order valence-electron chi connectivity index (χ3n) is 5.04. The number of carbonyl (C=O) groups is 1. The van der Waals surface area contributed by atoms with Gasteiger partial charge in [0.1, 0.15) is 11.6 Å². The minimum atomic E-state index is -0.755. The van der Waals surface area contributed by atoms with Crippen LogP contribution in [0.3, 0.4) is 0 Å². The fraction of sp³-hybridized carbons (Fsp3) is 0.812. The molecule has 2 aliphatic heterocycles. The lowest BCUT2D eigenvalue weighted by atomic mass is 9.97. The molecule has 0 radical (unpaired) electrons. The number of likely N-dealkylation sites (tertiary alicyclic amines) is 2. The number of carboxylic acid groups (broad SMARTS) is 1. The highest BCUT2D eigenvalue weighted by molar-refractivity contribution is 5.69. The Bertz CT molecular complexity index is 539. The van der Waals surface area contributed by atoms with Gasteiger partial charge >= 0.3 is 5.97 Å². The summed E-state index contributed by atoms with van der Waals surface area (Å²) in [5.41, 5.74) is 0. The summed E-state index contributed by atoms with van der Waals surface area (Å²) in [6.45, 7) is 4.92. The molecule has 0 aromatic carbocycles. The molecule has 1 aromatic heterocycles. The molecule has 0 unspecified atom stereocenters. The molecule has 7 heteroatoms. The van der Waals surface area contributed by atoms with E-state index in [4.69, 9.17) is 5.11 Å². The highest BCUT2D eigenvalue weighted by atomic mass is 16.4. The van der Waals surface area contributed by atoms with Crippen molar-refractivity contribution in [2.45, 2.75) is 44.6 Å². The maximum Gasteiger partial charge on any atom is 0.317 e. The van der Waals surface area contributed by atoms with Crippen molar-refractivity contribution in [3.8, 4) is 0 Å². The van der Waals surface area contributed by atoms with Gasteiger partial charge < -0.3 is 9.67 Å². The summed E-state index contributed by atoms with van der Waals surface area (Å²) >= 11 is 0. The van der Waals surface area contributed by atoms with Gasteiger partial charge in [-0.3, -0.25) is 14.6 Å². The van der Waals surface area contributed by atoms with E-state index in [1.807, 2.05) is 11.9 Å². The lowest BCUT2D eigenvalue weighted by Crippen LogP contribution is -2.38. The Morgan fingerprint density at radius 3 is 2.61 bits per heavy atom. The minimum absolute atomic E-state index is 0.120. The second-order valence-electron chi connectivity index (χ2n) is 6.84. The Hall–Kier alpha value is -1.47. The summed E-state index contributed by atoms with van der Waals surface area (Å²) < 4.78 is 2.13. The Morgan fingerprint density at radius 2 is 1.87 bits per heavy atom. The van der Waals surface area contributed by atoms with Crippen LogP contribution < -0.4 is 0 Å². The van der Waals surface area contributed by atoms with Crippen LogP contribution in [-0.2, 0) is 18.4 Å². The molecule has 3 heterocycles. The number of aromatic nitrogens is 3. The first-order valence-corrected chi connectivity index (χ1v) is 8.68. The molecular formula is C16H27N5O2. The summed E-state index contributed by atoms with van der Waals surface area (Å²) in [5.74, 6) is 1.56. The van der Waals surface area contributed by atoms with Crippen molar-refractivity contribution in [3.05, 3.63) is 11.6 Å². The second-order valence-corrected chi connectivity index (χ2v) is 6.84. The van der Waals surface area contributed by atoms with Crippen LogP contribution in [-0.4, -0.2) is 68.4 Å². The quantitative estimate of drug-likeness (QED) is 0.874. The molecule has 0 bridgehead atoms. The smallest absolute Gasteiger partial charge is 0.317 e. The average Bonchev–Trinajstić information content (AvgIpc) is 2.89. The summed E-state index contributed by atoms with van der Waals surface area (Å²) in [5, 5.41) is 17.8. The molecule has 0 aliphatic carbocycles. The molecule has 3 rings (SSSR count). The van der Waals surface area contributed by atoms with Crippen molar-refractivity contribution in [1.82, 2.24) is 24.6 Å². The van der Waals surface area contributed by atoms with E-state index in [1.165, 1.54) is 19.3 Å². The van der Waals surface area contributed by atoms with Gasteiger partial charge in [-0.2, -0.15) is 0 Å². The van der Waals surface area contributed by atoms with Gasteiger partial charge in [0, 0.05) is 19.5 Å². The van der Waals surface area contributed by atoms with E-state index < -0.39 is 5.97 Å². The molecule has 0 spiro atoms. The minimum Gasteiger partial charge on any atom is -0.480 e. The Labute approximate surface area is 137 Å². The average molecular weight is 321 g/mol. The molecule has 1 aromatic rings. The number of carboxylic acids is 1. The van der Waals surface area contributed by atoms with Gasteiger partial charge in [-0.05, 0) is 45.3 Å². The fourth-order valence-electron chi connectivity index (χ4n) is 3.79. The highest BCUT2D eigenvalue weighted by Crippen LogP contribution is 2.26. The van der Waals surface area contributed by atoms with Crippen LogP contribution in [0.4, 0.5) is 0 Å². The highest BCUT2D eigenvalue weighted by Gasteiger charge is 2.27. The third-order valence-corrected chi connectivity index (χ3v) is 5.04. The zero-order valence-electron chi connectivity index (χ0n) is 13.9. The lowest BCUT2D eigenvalue weighted by Gasteiger charge is -2.31. The largest absolute Gasteiger partial charge is 0.480 e. The van der Waals surface area contributed by atoms with Crippen LogP contribution in [0.15, 0.2) is 0 Å². The maximum atomic E-state index is 10.9. The Morgan fingerprint density at radius 1 is 1.13 bits per heavy atom. The fourth-order valence-corrected chi connectivity index (χ4v) is 3.79. The zero-order chi connectivity index (χ0) is 16.2. The predicted octanol–water partition coefficient (Wildman–Crippen LogP) is 1.06. The molecular weight excluding hydrogens is 294 g/mol. The first-order valence-electron chi connectivity index (χ1n) is 8.68. The van der Waals surface area contributed by atoms with Gasteiger partial charge in [0.25, 0.3) is 0 Å². The topological polar surface area (TPSA) is 74.5 Å². The predicted molar refractivity (Wildman–Crippen MR) is 86.2 cm³/mol. The van der Waals surface area contributed by atoms with Crippen LogP contribution in [0, 0.1) is 0 Å². The number of nitrogens with zero attached hydrogens (tertiary/aromatic N) is 5. The molecule has 2 saturated heterocycles. The van der Waals surface area contributed by atoms with E-state index in [0.29, 0.717) is 0 Å². The summed E-state index contributed by atoms with van der Waals surface area (Å²) in [7, 11) is 2.05. The molecule has 2 fully saturated rings. The van der Waals surface area contributed by atoms with Gasteiger partial charge in [0.2, 0.25) is 0 Å². The summed E-state index contributed by atoms with van der Waals surface area (Å²) in [6, 6.07) is 0. The summed E-state index contributed by atoms with van der Waals surface area (Å²) in [6.07, 6.45) is 5.97. The van der Waals surface area contributed by atoms with Crippen molar-refractivity contribution in [3.63, 3.8) is 0 Å². The molecule has 128 valence electrons. The molecule has 1 atom stereocenters. The van der Waals surface area contributed by atoms with E-state index in [1.54, 1.807) is 0 Å². The first kappa shape index (κ1) is 16.4. The van der Waals surface area contributed by atoms with Crippen LogP contribution >= 0.6 is 0 Å². The van der Waals surface area contributed by atoms with E-state index in [0.717, 1.165) is 57.2 Å². The van der Waals surface area contributed by atoms with Gasteiger partial charge in [-0.25, -0.2) is 0 Å². The van der Waals surface area contributed by atoms with E-state index in [9.17, 15) is 4.79 Å². The van der Waals surface area contributed by atoms with Gasteiger partial charge in [0.15, 0.2) is 0 Å². The van der Waals surface area contributed by atoms with Crippen LogP contribution in [0.25, 0.3) is 0 Å². The SMILES string of the molecule is Cn1c(CN2CCCCC2)nnc1[C@H]1CCCN(CC(=O)O)C1.